The van der Waals surface area contributed by atoms with Crippen molar-refractivity contribution in [1.29, 1.82) is 0 Å². The second-order valence-corrected chi connectivity index (χ2v) is 7.52. The normalized spacial score (nSPS) is 25.0. The van der Waals surface area contributed by atoms with Crippen molar-refractivity contribution >= 4 is 55.5 Å². The molecule has 1 saturated carbocycles. The van der Waals surface area contributed by atoms with Crippen LogP contribution in [0.3, 0.4) is 0 Å². The first-order chi connectivity index (χ1) is 10.6. The third-order valence-corrected chi connectivity index (χ3v) is 6.60. The van der Waals surface area contributed by atoms with E-state index >= 15 is 0 Å². The molecule has 2 aromatic rings. The highest BCUT2D eigenvalue weighted by atomic mass is 32.1. The number of hydrogen-bond donors (Lipinski definition) is 1. The van der Waals surface area contributed by atoms with Gasteiger partial charge in [0.05, 0.1) is 11.8 Å². The minimum atomic E-state index is -1.09. The Morgan fingerprint density at radius 3 is 2.36 bits per heavy atom. The lowest BCUT2D eigenvalue weighted by molar-refractivity contribution is -0.122. The Hall–Kier alpha value is -1.73. The maximum Gasteiger partial charge on any atom is 0.339 e. The summed E-state index contributed by atoms with van der Waals surface area (Å²) in [7, 11) is 0. The van der Waals surface area contributed by atoms with Crippen LogP contribution in [-0.4, -0.2) is 22.9 Å². The van der Waals surface area contributed by atoms with Gasteiger partial charge in [-0.15, -0.1) is 11.3 Å². The minimum Gasteiger partial charge on any atom is -0.478 e. The summed E-state index contributed by atoms with van der Waals surface area (Å²) in [6, 6.07) is 0. The van der Waals surface area contributed by atoms with Gasteiger partial charge in [-0.2, -0.15) is 11.3 Å². The molecule has 1 N–H and O–H groups in total. The Bertz CT molecular complexity index is 782. The zero-order valence-electron chi connectivity index (χ0n) is 11.6. The quantitative estimate of drug-likeness (QED) is 0.854. The Labute approximate surface area is 134 Å². The Kier molecular flexibility index (Phi) is 3.09. The van der Waals surface area contributed by atoms with E-state index in [4.69, 9.17) is 0 Å². The molecule has 2 unspecified atom stereocenters. The summed E-state index contributed by atoms with van der Waals surface area (Å²) in [5, 5.41) is 14.0. The Morgan fingerprint density at radius 1 is 1.14 bits per heavy atom. The number of carboxylic acids is 1. The van der Waals surface area contributed by atoms with Crippen molar-refractivity contribution in [3.05, 3.63) is 16.3 Å². The molecule has 1 saturated heterocycles. The van der Waals surface area contributed by atoms with Gasteiger partial charge >= 0.3 is 5.97 Å². The number of carboxylic acid groups (broad SMARTS) is 1. The fourth-order valence-electron chi connectivity index (χ4n) is 3.54. The molecular weight excluding hydrogens is 322 g/mol. The molecule has 0 bridgehead atoms. The summed E-state index contributed by atoms with van der Waals surface area (Å²) in [6.07, 6.45) is 3.37. The topological polar surface area (TPSA) is 74.7 Å². The van der Waals surface area contributed by atoms with Gasteiger partial charge in [0.15, 0.2) is 0 Å². The molecular formula is C15H13NO4S2. The molecule has 7 heteroatoms. The smallest absolute Gasteiger partial charge is 0.339 e. The number of rotatable bonds is 2. The van der Waals surface area contributed by atoms with E-state index in [1.165, 1.54) is 22.7 Å². The Balaban J connectivity index is 1.86. The molecule has 1 aliphatic heterocycles. The van der Waals surface area contributed by atoms with Gasteiger partial charge in [0.2, 0.25) is 11.8 Å². The van der Waals surface area contributed by atoms with Crippen LogP contribution < -0.4 is 4.90 Å². The van der Waals surface area contributed by atoms with Crippen LogP contribution in [0.25, 0.3) is 10.1 Å². The number of aromatic carboxylic acids is 1. The molecule has 4 rings (SSSR count). The van der Waals surface area contributed by atoms with Gasteiger partial charge in [-0.3, -0.25) is 9.59 Å². The van der Waals surface area contributed by atoms with Gasteiger partial charge in [0.25, 0.3) is 0 Å². The fraction of sp³-hybridized carbons (Fsp3) is 0.400. The second-order valence-electron chi connectivity index (χ2n) is 5.75. The predicted molar refractivity (Wildman–Crippen MR) is 84.6 cm³/mol. The molecule has 3 heterocycles. The van der Waals surface area contributed by atoms with Gasteiger partial charge in [0, 0.05) is 20.8 Å². The fourth-order valence-corrected chi connectivity index (χ4v) is 5.73. The molecule has 1 aliphatic carbocycles. The average molecular weight is 335 g/mol. The largest absolute Gasteiger partial charge is 0.478 e. The molecule has 114 valence electrons. The maximum absolute atomic E-state index is 12.6. The standard InChI is InChI=1S/C15H13NO4S2/c17-12-7-3-1-2-4-8(7)13(18)16(12)14-11(15(19)20)9-5-21-6-10(9)22-14/h5-8H,1-4H2,(H,19,20). The van der Waals surface area contributed by atoms with Crippen LogP contribution in [-0.2, 0) is 9.59 Å². The van der Waals surface area contributed by atoms with Crippen molar-refractivity contribution in [2.75, 3.05) is 4.90 Å². The van der Waals surface area contributed by atoms with E-state index in [1.54, 1.807) is 5.38 Å². The van der Waals surface area contributed by atoms with Crippen LogP contribution in [0.1, 0.15) is 36.0 Å². The number of imide groups is 1. The zero-order chi connectivity index (χ0) is 15.4. The summed E-state index contributed by atoms with van der Waals surface area (Å²) >= 11 is 2.65. The van der Waals surface area contributed by atoms with E-state index < -0.39 is 5.97 Å². The summed E-state index contributed by atoms with van der Waals surface area (Å²) in [4.78, 5) is 38.1. The highest BCUT2D eigenvalue weighted by Crippen LogP contribution is 2.46. The number of hydrogen-bond acceptors (Lipinski definition) is 5. The van der Waals surface area contributed by atoms with Gasteiger partial charge in [-0.05, 0) is 12.8 Å². The molecule has 0 radical (unpaired) electrons. The van der Waals surface area contributed by atoms with Gasteiger partial charge < -0.3 is 5.11 Å². The van der Waals surface area contributed by atoms with Crippen LogP contribution in [0.15, 0.2) is 10.8 Å². The summed E-state index contributed by atoms with van der Waals surface area (Å²) in [6.45, 7) is 0. The van der Waals surface area contributed by atoms with Crippen LogP contribution in [0.2, 0.25) is 0 Å². The summed E-state index contributed by atoms with van der Waals surface area (Å²) in [5.74, 6) is -2.05. The van der Waals surface area contributed by atoms with Crippen molar-refractivity contribution in [2.24, 2.45) is 11.8 Å². The van der Waals surface area contributed by atoms with Gasteiger partial charge in [-0.25, -0.2) is 9.69 Å². The second kappa shape index (κ2) is 4.89. The zero-order valence-corrected chi connectivity index (χ0v) is 13.2. The van der Waals surface area contributed by atoms with Crippen LogP contribution in [0.5, 0.6) is 0 Å². The minimum absolute atomic E-state index is 0.0848. The summed E-state index contributed by atoms with van der Waals surface area (Å²) < 4.78 is 0.813. The van der Waals surface area contributed by atoms with Gasteiger partial charge in [-0.1, -0.05) is 12.8 Å². The molecule has 5 nitrogen and oxygen atoms in total. The van der Waals surface area contributed by atoms with Crippen molar-refractivity contribution < 1.29 is 19.5 Å². The van der Waals surface area contributed by atoms with Crippen molar-refractivity contribution in [3.8, 4) is 0 Å². The molecule has 2 atom stereocenters. The molecule has 0 aromatic carbocycles. The van der Waals surface area contributed by atoms with Crippen molar-refractivity contribution in [2.45, 2.75) is 25.7 Å². The lowest BCUT2D eigenvalue weighted by Crippen LogP contribution is -2.31. The first-order valence-electron chi connectivity index (χ1n) is 7.19. The first kappa shape index (κ1) is 13.9. The lowest BCUT2D eigenvalue weighted by atomic mass is 9.81. The van der Waals surface area contributed by atoms with Crippen LogP contribution in [0.4, 0.5) is 5.00 Å². The van der Waals surface area contributed by atoms with Crippen LogP contribution in [0, 0.1) is 11.8 Å². The number of nitrogens with zero attached hydrogens (tertiary/aromatic N) is 1. The number of fused-ring (bicyclic) bond motifs is 2. The predicted octanol–water partition coefficient (Wildman–Crippen LogP) is 3.34. The van der Waals surface area contributed by atoms with E-state index in [2.05, 4.69) is 0 Å². The monoisotopic (exact) mass is 335 g/mol. The van der Waals surface area contributed by atoms with Crippen molar-refractivity contribution in [1.82, 2.24) is 0 Å². The van der Waals surface area contributed by atoms with Gasteiger partial charge in [0.1, 0.15) is 10.6 Å². The molecule has 2 fully saturated rings. The molecule has 2 aromatic heterocycles. The number of carbonyl (C=O) groups is 3. The molecule has 2 aliphatic rings. The van der Waals surface area contributed by atoms with E-state index in [1.807, 2.05) is 5.38 Å². The third-order valence-electron chi connectivity index (χ3n) is 4.57. The van der Waals surface area contributed by atoms with E-state index in [0.717, 1.165) is 35.3 Å². The van der Waals surface area contributed by atoms with E-state index in [9.17, 15) is 19.5 Å². The number of thiophene rings is 2. The highest BCUT2D eigenvalue weighted by molar-refractivity contribution is 7.26. The third kappa shape index (κ3) is 1.78. The highest BCUT2D eigenvalue weighted by Gasteiger charge is 2.50. The average Bonchev–Trinajstić information content (AvgIpc) is 3.12. The maximum atomic E-state index is 12.6. The Morgan fingerprint density at radius 2 is 1.77 bits per heavy atom. The molecule has 22 heavy (non-hydrogen) atoms. The SMILES string of the molecule is O=C(O)c1c(N2C(=O)C3CCCCC3C2=O)sc2cscc12. The first-order valence-corrected chi connectivity index (χ1v) is 8.95. The van der Waals surface area contributed by atoms with Crippen molar-refractivity contribution in [3.63, 3.8) is 0 Å². The van der Waals surface area contributed by atoms with E-state index in [-0.39, 0.29) is 34.2 Å². The lowest BCUT2D eigenvalue weighted by Gasteiger charge is -2.19. The molecule has 2 amide bonds. The number of carbonyl (C=O) groups excluding carboxylic acids is 2. The van der Waals surface area contributed by atoms with E-state index in [0.29, 0.717) is 5.39 Å². The summed E-state index contributed by atoms with van der Waals surface area (Å²) in [5.41, 5.74) is 0.0848. The number of amides is 2. The number of anilines is 1. The molecule has 0 spiro atoms. The van der Waals surface area contributed by atoms with Crippen LogP contribution >= 0.6 is 22.7 Å².